The van der Waals surface area contributed by atoms with Crippen LogP contribution in [0.15, 0.2) is 11.3 Å². The maximum absolute atomic E-state index is 12.8. The third-order valence-electron chi connectivity index (χ3n) is 3.76. The number of fused-ring (bicyclic) bond motifs is 1. The van der Waals surface area contributed by atoms with Gasteiger partial charge in [0.05, 0.1) is 0 Å². The molecule has 0 aromatic carbocycles. The molecule has 9 nitrogen and oxygen atoms in total. The van der Waals surface area contributed by atoms with Crippen LogP contribution in [0.1, 0.15) is 48.5 Å². The van der Waals surface area contributed by atoms with Gasteiger partial charge < -0.3 is 19.5 Å². The first kappa shape index (κ1) is 23.1. The van der Waals surface area contributed by atoms with Gasteiger partial charge in [-0.3, -0.25) is 14.5 Å². The van der Waals surface area contributed by atoms with Crippen LogP contribution in [0.5, 0.6) is 0 Å². The predicted octanol–water partition coefficient (Wildman–Crippen LogP) is 1.95. The molecule has 2 aliphatic heterocycles. The molecule has 0 bridgehead atoms. The summed E-state index contributed by atoms with van der Waals surface area (Å²) in [6.45, 7) is 11.5. The second kappa shape index (κ2) is 8.25. The van der Waals surface area contributed by atoms with Crippen molar-refractivity contribution in [2.45, 2.75) is 71.1 Å². The number of ether oxygens (including phenoxy) is 3. The fourth-order valence-corrected chi connectivity index (χ4v) is 4.06. The minimum Gasteiger partial charge on any atom is -0.461 e. The molecule has 0 aliphatic carbocycles. The molecule has 1 fully saturated rings. The number of esters is 2. The Labute approximate surface area is 174 Å². The van der Waals surface area contributed by atoms with Gasteiger partial charge in [-0.1, -0.05) is 0 Å². The molecule has 0 aromatic rings. The van der Waals surface area contributed by atoms with Gasteiger partial charge in [-0.25, -0.2) is 9.59 Å². The summed E-state index contributed by atoms with van der Waals surface area (Å²) < 4.78 is 15.7. The topological polar surface area (TPSA) is 111 Å². The normalized spacial score (nSPS) is 21.8. The minimum absolute atomic E-state index is 0.0668. The SMILES string of the molecule is CC(=O)OCC1=C(C(=O)OC(C)(C)C)N2C(=O)[C@@H](NC(=O)OC(C)(C)C)[C@H]2SC1. The van der Waals surface area contributed by atoms with Crippen molar-refractivity contribution >= 4 is 35.7 Å². The molecule has 2 rings (SSSR count). The Balaban J connectivity index is 2.23. The zero-order valence-corrected chi connectivity index (χ0v) is 18.6. The Bertz CT molecular complexity index is 749. The van der Waals surface area contributed by atoms with E-state index in [9.17, 15) is 19.2 Å². The Hall–Kier alpha value is -2.23. The van der Waals surface area contributed by atoms with Crippen molar-refractivity contribution in [2.75, 3.05) is 12.4 Å². The first-order valence-corrected chi connectivity index (χ1v) is 10.3. The molecule has 10 heteroatoms. The third-order valence-corrected chi connectivity index (χ3v) is 5.10. The minimum atomic E-state index is -0.817. The van der Waals surface area contributed by atoms with Gasteiger partial charge in [0.15, 0.2) is 0 Å². The number of hydrogen-bond donors (Lipinski definition) is 1. The quantitative estimate of drug-likeness (QED) is 0.411. The largest absolute Gasteiger partial charge is 0.461 e. The van der Waals surface area contributed by atoms with Gasteiger partial charge >= 0.3 is 18.0 Å². The predicted molar refractivity (Wildman–Crippen MR) is 106 cm³/mol. The molecule has 1 saturated heterocycles. The number of amides is 2. The summed E-state index contributed by atoms with van der Waals surface area (Å²) in [4.78, 5) is 50.1. The van der Waals surface area contributed by atoms with E-state index in [1.165, 1.54) is 23.6 Å². The zero-order chi connectivity index (χ0) is 22.1. The first-order valence-electron chi connectivity index (χ1n) is 9.22. The fraction of sp³-hybridized carbons (Fsp3) is 0.684. The molecule has 0 radical (unpaired) electrons. The van der Waals surface area contributed by atoms with E-state index in [0.717, 1.165) is 0 Å². The second-order valence-electron chi connectivity index (χ2n) is 8.77. The van der Waals surface area contributed by atoms with Crippen molar-refractivity contribution in [1.29, 1.82) is 0 Å². The monoisotopic (exact) mass is 428 g/mol. The van der Waals surface area contributed by atoms with Crippen LogP contribution in [0.2, 0.25) is 0 Å². The summed E-state index contributed by atoms with van der Waals surface area (Å²) in [5, 5.41) is 2.09. The highest BCUT2D eigenvalue weighted by atomic mass is 32.2. The number of thioether (sulfide) groups is 1. The van der Waals surface area contributed by atoms with Gasteiger partial charge in [0.1, 0.15) is 34.9 Å². The lowest BCUT2D eigenvalue weighted by atomic mass is 10.0. The van der Waals surface area contributed by atoms with E-state index in [-0.39, 0.29) is 12.3 Å². The van der Waals surface area contributed by atoms with Crippen LogP contribution in [-0.2, 0) is 28.6 Å². The molecule has 1 N–H and O–H groups in total. The molecule has 2 amide bonds. The zero-order valence-electron chi connectivity index (χ0n) is 17.8. The Morgan fingerprint density at radius 1 is 1.10 bits per heavy atom. The first-order chi connectivity index (χ1) is 13.2. The molecule has 0 spiro atoms. The van der Waals surface area contributed by atoms with Gasteiger partial charge in [-0.05, 0) is 41.5 Å². The third kappa shape index (κ3) is 5.88. The van der Waals surface area contributed by atoms with Crippen LogP contribution in [0.3, 0.4) is 0 Å². The molecule has 0 saturated carbocycles. The maximum atomic E-state index is 12.8. The number of β-lactam (4-membered cyclic amide) rings is 1. The molecule has 2 aliphatic rings. The number of alkyl carbamates (subject to hydrolysis) is 1. The summed E-state index contributed by atoms with van der Waals surface area (Å²) in [5.74, 6) is -1.26. The molecule has 2 heterocycles. The van der Waals surface area contributed by atoms with Gasteiger partial charge in [0.2, 0.25) is 0 Å². The summed E-state index contributed by atoms with van der Waals surface area (Å²) in [6.07, 6.45) is -0.704. The highest BCUT2D eigenvalue weighted by Crippen LogP contribution is 2.41. The van der Waals surface area contributed by atoms with E-state index >= 15 is 0 Å². The second-order valence-corrected chi connectivity index (χ2v) is 9.87. The number of nitrogens with zero attached hydrogens (tertiary/aromatic N) is 1. The van der Waals surface area contributed by atoms with Gasteiger partial charge in [-0.15, -0.1) is 11.8 Å². The average Bonchev–Trinajstić information content (AvgIpc) is 2.53. The van der Waals surface area contributed by atoms with E-state index in [1.807, 2.05) is 0 Å². The van der Waals surface area contributed by atoms with Crippen LogP contribution < -0.4 is 5.32 Å². The van der Waals surface area contributed by atoms with Crippen molar-refractivity contribution in [3.05, 3.63) is 11.3 Å². The Morgan fingerprint density at radius 3 is 2.21 bits per heavy atom. The van der Waals surface area contributed by atoms with E-state index in [0.29, 0.717) is 11.3 Å². The fourth-order valence-electron chi connectivity index (χ4n) is 2.73. The lowest BCUT2D eigenvalue weighted by Crippen LogP contribution is -2.71. The Kier molecular flexibility index (Phi) is 6.56. The smallest absolute Gasteiger partial charge is 0.408 e. The van der Waals surface area contributed by atoms with E-state index in [2.05, 4.69) is 5.32 Å². The van der Waals surface area contributed by atoms with Crippen molar-refractivity contribution in [3.8, 4) is 0 Å². The summed E-state index contributed by atoms with van der Waals surface area (Å²) in [6, 6.07) is -0.817. The van der Waals surface area contributed by atoms with Crippen molar-refractivity contribution in [1.82, 2.24) is 10.2 Å². The van der Waals surface area contributed by atoms with Crippen molar-refractivity contribution in [2.24, 2.45) is 0 Å². The van der Waals surface area contributed by atoms with E-state index < -0.39 is 46.6 Å². The molecular weight excluding hydrogens is 400 g/mol. The van der Waals surface area contributed by atoms with Gasteiger partial charge in [0, 0.05) is 18.2 Å². The van der Waals surface area contributed by atoms with E-state index in [1.54, 1.807) is 41.5 Å². The number of hydrogen-bond acceptors (Lipinski definition) is 8. The lowest BCUT2D eigenvalue weighted by molar-refractivity contribution is -0.158. The number of rotatable bonds is 4. The standard InChI is InChI=1S/C19H28N2O7S/c1-10(22)26-8-11-9-29-15-12(20-17(25)28-19(5,6)7)14(23)21(15)13(11)16(24)27-18(2,3)4/h12,15H,8-9H2,1-7H3,(H,20,25)/t12-,15-/m1/s1. The van der Waals surface area contributed by atoms with Crippen molar-refractivity contribution in [3.63, 3.8) is 0 Å². The summed E-state index contributed by atoms with van der Waals surface area (Å²) in [5.41, 5.74) is -0.912. The van der Waals surface area contributed by atoms with Gasteiger partial charge in [0.25, 0.3) is 5.91 Å². The number of carbonyl (C=O) groups is 4. The van der Waals surface area contributed by atoms with Crippen LogP contribution in [0.4, 0.5) is 4.79 Å². The van der Waals surface area contributed by atoms with Crippen LogP contribution in [-0.4, -0.2) is 63.8 Å². The van der Waals surface area contributed by atoms with E-state index in [4.69, 9.17) is 14.2 Å². The Morgan fingerprint density at radius 2 is 1.69 bits per heavy atom. The molecule has 0 aromatic heterocycles. The summed E-state index contributed by atoms with van der Waals surface area (Å²) in [7, 11) is 0. The number of nitrogens with one attached hydrogen (secondary N) is 1. The van der Waals surface area contributed by atoms with Crippen LogP contribution in [0, 0.1) is 0 Å². The van der Waals surface area contributed by atoms with Crippen LogP contribution >= 0.6 is 11.8 Å². The maximum Gasteiger partial charge on any atom is 0.408 e. The molecule has 29 heavy (non-hydrogen) atoms. The highest BCUT2D eigenvalue weighted by molar-refractivity contribution is 8.00. The molecule has 0 unspecified atom stereocenters. The highest BCUT2D eigenvalue weighted by Gasteiger charge is 2.55. The average molecular weight is 429 g/mol. The van der Waals surface area contributed by atoms with Crippen molar-refractivity contribution < 1.29 is 33.4 Å². The summed E-state index contributed by atoms with van der Waals surface area (Å²) >= 11 is 1.36. The molecular formula is C19H28N2O7S. The lowest BCUT2D eigenvalue weighted by Gasteiger charge is -2.49. The molecule has 2 atom stereocenters. The molecule has 162 valence electrons. The van der Waals surface area contributed by atoms with Crippen LogP contribution in [0.25, 0.3) is 0 Å². The van der Waals surface area contributed by atoms with Gasteiger partial charge in [-0.2, -0.15) is 0 Å². The number of carbonyl (C=O) groups excluding carboxylic acids is 4.